The van der Waals surface area contributed by atoms with Gasteiger partial charge in [-0.2, -0.15) is 9.61 Å². The van der Waals surface area contributed by atoms with Gasteiger partial charge in [-0.15, -0.1) is 0 Å². The normalized spacial score (nSPS) is 11.9. The molecule has 0 unspecified atom stereocenters. The zero-order chi connectivity index (χ0) is 24.2. The van der Waals surface area contributed by atoms with Gasteiger partial charge in [0.25, 0.3) is 5.56 Å². The van der Waals surface area contributed by atoms with Crippen LogP contribution in [0.15, 0.2) is 108 Å². The Morgan fingerprint density at radius 3 is 2.20 bits per heavy atom. The lowest BCUT2D eigenvalue weighted by Gasteiger charge is -2.21. The largest absolute Gasteiger partial charge is 0.347 e. The van der Waals surface area contributed by atoms with Gasteiger partial charge in [0.2, 0.25) is 5.91 Å². The molecule has 0 spiro atoms. The van der Waals surface area contributed by atoms with Crippen LogP contribution in [0.4, 0.5) is 0 Å². The van der Waals surface area contributed by atoms with Crippen LogP contribution in [-0.2, 0) is 17.8 Å². The van der Waals surface area contributed by atoms with Crippen molar-refractivity contribution in [1.82, 2.24) is 19.5 Å². The molecule has 174 valence electrons. The minimum absolute atomic E-state index is 0.0770. The molecule has 0 aliphatic carbocycles. The fourth-order valence-electron chi connectivity index (χ4n) is 4.35. The average molecular weight is 463 g/mol. The lowest BCUT2D eigenvalue weighted by Crippen LogP contribution is -2.34. The van der Waals surface area contributed by atoms with E-state index >= 15 is 0 Å². The quantitative estimate of drug-likeness (QED) is 0.385. The zero-order valence-electron chi connectivity index (χ0n) is 19.5. The second kappa shape index (κ2) is 9.81. The number of amides is 1. The van der Waals surface area contributed by atoms with Crippen LogP contribution in [0.2, 0.25) is 0 Å². The van der Waals surface area contributed by atoms with Crippen LogP contribution in [0.1, 0.15) is 22.9 Å². The molecule has 0 fully saturated rings. The molecule has 0 saturated heterocycles. The SMILES string of the molecule is Cc1cc(=O)n2nc(-c3ccccc3)cc2n1CC(=O)N[C@H](Cc1ccccc1)c1ccccc1. The van der Waals surface area contributed by atoms with Crippen molar-refractivity contribution in [3.63, 3.8) is 0 Å². The molecule has 1 atom stereocenters. The maximum absolute atomic E-state index is 13.3. The fourth-order valence-corrected chi connectivity index (χ4v) is 4.35. The van der Waals surface area contributed by atoms with Crippen LogP contribution < -0.4 is 10.9 Å². The molecular formula is C29H26N4O2. The van der Waals surface area contributed by atoms with E-state index in [1.807, 2.05) is 96.4 Å². The number of carbonyl (C=O) groups excluding carboxylic acids is 1. The number of hydrogen-bond acceptors (Lipinski definition) is 3. The number of aromatic nitrogens is 3. The third-order valence-corrected chi connectivity index (χ3v) is 6.13. The minimum atomic E-state index is -0.220. The van der Waals surface area contributed by atoms with Crippen molar-refractivity contribution in [2.24, 2.45) is 0 Å². The Morgan fingerprint density at radius 2 is 1.51 bits per heavy atom. The number of benzene rings is 3. The number of aryl methyl sites for hydroxylation is 1. The molecule has 3 aromatic carbocycles. The number of nitrogens with one attached hydrogen (secondary N) is 1. The van der Waals surface area contributed by atoms with Crippen molar-refractivity contribution in [2.45, 2.75) is 25.9 Å². The molecule has 5 aromatic rings. The fraction of sp³-hybridized carbons (Fsp3) is 0.138. The lowest BCUT2D eigenvalue weighted by molar-refractivity contribution is -0.122. The van der Waals surface area contributed by atoms with E-state index in [9.17, 15) is 9.59 Å². The third-order valence-electron chi connectivity index (χ3n) is 6.13. The smallest absolute Gasteiger partial charge is 0.274 e. The predicted octanol–water partition coefficient (Wildman–Crippen LogP) is 4.57. The van der Waals surface area contributed by atoms with Crippen LogP contribution in [0, 0.1) is 6.92 Å². The summed E-state index contributed by atoms with van der Waals surface area (Å²) in [6, 6.07) is 33.0. The molecule has 2 aromatic heterocycles. The molecule has 5 rings (SSSR count). The number of rotatable bonds is 7. The van der Waals surface area contributed by atoms with E-state index < -0.39 is 0 Å². The predicted molar refractivity (Wildman–Crippen MR) is 137 cm³/mol. The summed E-state index contributed by atoms with van der Waals surface area (Å²) in [6.07, 6.45) is 0.681. The Kier molecular flexibility index (Phi) is 6.26. The first-order valence-corrected chi connectivity index (χ1v) is 11.6. The Hall–Kier alpha value is -4.45. The van der Waals surface area contributed by atoms with E-state index in [1.54, 1.807) is 0 Å². The van der Waals surface area contributed by atoms with E-state index in [0.29, 0.717) is 23.5 Å². The number of nitrogens with zero attached hydrogens (tertiary/aromatic N) is 3. The third kappa shape index (κ3) is 4.92. The van der Waals surface area contributed by atoms with Gasteiger partial charge in [-0.25, -0.2) is 0 Å². The van der Waals surface area contributed by atoms with Crippen molar-refractivity contribution >= 4 is 11.6 Å². The highest BCUT2D eigenvalue weighted by Crippen LogP contribution is 2.21. The standard InChI is InChI=1S/C29H26N4O2/c1-21-17-29(35)33-28(19-26(31-33)24-15-9-4-10-16-24)32(21)20-27(34)30-25(23-13-7-3-8-14-23)18-22-11-5-2-6-12-22/h2-17,19,25H,18,20H2,1H3,(H,30,34)/t25-/m1/s1. The maximum Gasteiger partial charge on any atom is 0.274 e. The second-order valence-corrected chi connectivity index (χ2v) is 8.60. The van der Waals surface area contributed by atoms with Gasteiger partial charge in [-0.1, -0.05) is 91.0 Å². The highest BCUT2D eigenvalue weighted by molar-refractivity contribution is 5.77. The Bertz CT molecular complexity index is 1510. The summed E-state index contributed by atoms with van der Waals surface area (Å²) in [5.74, 6) is -0.133. The molecule has 0 aliphatic rings. The first-order valence-electron chi connectivity index (χ1n) is 11.6. The summed E-state index contributed by atoms with van der Waals surface area (Å²) in [5, 5.41) is 7.72. The van der Waals surface area contributed by atoms with Gasteiger partial charge in [-0.05, 0) is 24.5 Å². The van der Waals surface area contributed by atoms with E-state index in [0.717, 1.165) is 16.7 Å². The summed E-state index contributed by atoms with van der Waals surface area (Å²) in [5.41, 5.74) is 4.86. The Balaban J connectivity index is 1.45. The van der Waals surface area contributed by atoms with Crippen molar-refractivity contribution < 1.29 is 4.79 Å². The number of fused-ring (bicyclic) bond motifs is 1. The molecule has 6 heteroatoms. The molecule has 0 bridgehead atoms. The van der Waals surface area contributed by atoms with Crippen LogP contribution in [0.3, 0.4) is 0 Å². The van der Waals surface area contributed by atoms with Crippen molar-refractivity contribution in [1.29, 1.82) is 0 Å². The summed E-state index contributed by atoms with van der Waals surface area (Å²) in [4.78, 5) is 25.9. The summed E-state index contributed by atoms with van der Waals surface area (Å²) in [6.45, 7) is 1.91. The van der Waals surface area contributed by atoms with Crippen molar-refractivity contribution in [2.75, 3.05) is 0 Å². The maximum atomic E-state index is 13.3. The molecule has 1 amide bonds. The number of hydrogen-bond donors (Lipinski definition) is 1. The van der Waals surface area contributed by atoms with Gasteiger partial charge in [0.1, 0.15) is 12.2 Å². The molecule has 6 nitrogen and oxygen atoms in total. The average Bonchev–Trinajstić information content (AvgIpc) is 3.34. The van der Waals surface area contributed by atoms with E-state index in [4.69, 9.17) is 0 Å². The van der Waals surface area contributed by atoms with Crippen molar-refractivity contribution in [3.05, 3.63) is 130 Å². The Morgan fingerprint density at radius 1 is 0.886 bits per heavy atom. The van der Waals surface area contributed by atoms with E-state index in [-0.39, 0.29) is 24.1 Å². The van der Waals surface area contributed by atoms with Gasteiger partial charge in [0.05, 0.1) is 11.7 Å². The first kappa shape index (κ1) is 22.3. The summed E-state index contributed by atoms with van der Waals surface area (Å²) >= 11 is 0. The highest BCUT2D eigenvalue weighted by atomic mass is 16.2. The topological polar surface area (TPSA) is 68.4 Å². The van der Waals surface area contributed by atoms with E-state index in [1.165, 1.54) is 10.6 Å². The Labute approximate surface area is 203 Å². The summed E-state index contributed by atoms with van der Waals surface area (Å²) in [7, 11) is 0. The van der Waals surface area contributed by atoms with Gasteiger partial charge >= 0.3 is 0 Å². The van der Waals surface area contributed by atoms with Gasteiger partial charge in [0, 0.05) is 23.4 Å². The van der Waals surface area contributed by atoms with Gasteiger partial charge in [-0.3, -0.25) is 9.59 Å². The minimum Gasteiger partial charge on any atom is -0.347 e. The highest BCUT2D eigenvalue weighted by Gasteiger charge is 2.18. The molecule has 2 heterocycles. The number of carbonyl (C=O) groups is 1. The molecule has 35 heavy (non-hydrogen) atoms. The summed E-state index contributed by atoms with van der Waals surface area (Å²) < 4.78 is 3.20. The second-order valence-electron chi connectivity index (χ2n) is 8.60. The van der Waals surface area contributed by atoms with Crippen LogP contribution in [-0.4, -0.2) is 20.1 Å². The van der Waals surface area contributed by atoms with Crippen LogP contribution in [0.25, 0.3) is 16.9 Å². The monoisotopic (exact) mass is 462 g/mol. The zero-order valence-corrected chi connectivity index (χ0v) is 19.5. The van der Waals surface area contributed by atoms with Gasteiger partial charge < -0.3 is 9.88 Å². The van der Waals surface area contributed by atoms with Gasteiger partial charge in [0.15, 0.2) is 0 Å². The molecule has 0 radical (unpaired) electrons. The first-order chi connectivity index (χ1) is 17.1. The van der Waals surface area contributed by atoms with Crippen molar-refractivity contribution in [3.8, 4) is 11.3 Å². The lowest BCUT2D eigenvalue weighted by atomic mass is 9.99. The molecule has 0 saturated carbocycles. The molecular weight excluding hydrogens is 436 g/mol. The van der Waals surface area contributed by atoms with E-state index in [2.05, 4.69) is 22.5 Å². The van der Waals surface area contributed by atoms with Crippen LogP contribution >= 0.6 is 0 Å². The molecule has 0 aliphatic heterocycles. The van der Waals surface area contributed by atoms with Crippen LogP contribution in [0.5, 0.6) is 0 Å². The molecule has 1 N–H and O–H groups in total.